The molecule has 0 heterocycles. The molecule has 0 bridgehead atoms. The molecule has 6 heteroatoms. The summed E-state index contributed by atoms with van der Waals surface area (Å²) in [6.45, 7) is 1.68. The smallest absolute Gasteiger partial charge is 0.206 e. The van der Waals surface area contributed by atoms with Crippen molar-refractivity contribution in [3.8, 4) is 11.5 Å². The van der Waals surface area contributed by atoms with Crippen LogP contribution in [0.5, 0.6) is 11.5 Å². The zero-order valence-corrected chi connectivity index (χ0v) is 8.15. The highest BCUT2D eigenvalue weighted by Gasteiger charge is 2.02. The second kappa shape index (κ2) is 4.32. The van der Waals surface area contributed by atoms with E-state index < -0.39 is 0 Å². The summed E-state index contributed by atoms with van der Waals surface area (Å²) in [4.78, 5) is 0. The van der Waals surface area contributed by atoms with Crippen molar-refractivity contribution >= 4 is 11.7 Å². The van der Waals surface area contributed by atoms with E-state index in [4.69, 9.17) is 16.2 Å². The van der Waals surface area contributed by atoms with Gasteiger partial charge in [0, 0.05) is 5.56 Å². The van der Waals surface area contributed by atoms with E-state index in [0.717, 1.165) is 0 Å². The highest BCUT2D eigenvalue weighted by molar-refractivity contribution is 5.99. The van der Waals surface area contributed by atoms with Crippen molar-refractivity contribution in [1.29, 1.82) is 5.41 Å². The molecule has 0 aromatic heterocycles. The highest BCUT2D eigenvalue weighted by Crippen LogP contribution is 2.24. The molecule has 0 atom stereocenters. The fraction of sp³-hybridized carbons (Fsp3) is 0.111. The topological polar surface area (TPSA) is 115 Å². The minimum absolute atomic E-state index is 0.189. The Morgan fingerprint density at radius 3 is 2.60 bits per heavy atom. The number of aromatic hydroxyl groups is 2. The molecule has 6 nitrogen and oxygen atoms in total. The van der Waals surface area contributed by atoms with Crippen molar-refractivity contribution < 1.29 is 10.2 Å². The second-order valence-corrected chi connectivity index (χ2v) is 2.93. The summed E-state index contributed by atoms with van der Waals surface area (Å²) >= 11 is 0. The van der Waals surface area contributed by atoms with Gasteiger partial charge in [0.05, 0.1) is 5.71 Å². The van der Waals surface area contributed by atoms with E-state index in [1.54, 1.807) is 13.0 Å². The van der Waals surface area contributed by atoms with E-state index in [-0.39, 0.29) is 17.5 Å². The van der Waals surface area contributed by atoms with Gasteiger partial charge in [0.25, 0.3) is 0 Å². The van der Waals surface area contributed by atoms with Gasteiger partial charge in [0.15, 0.2) is 11.5 Å². The van der Waals surface area contributed by atoms with Gasteiger partial charge < -0.3 is 15.9 Å². The number of hydrazone groups is 1. The van der Waals surface area contributed by atoms with Crippen LogP contribution in [0.25, 0.3) is 0 Å². The van der Waals surface area contributed by atoms with Crippen LogP contribution < -0.4 is 11.2 Å². The van der Waals surface area contributed by atoms with Crippen LogP contribution in [0.15, 0.2) is 23.3 Å². The fourth-order valence-corrected chi connectivity index (χ4v) is 0.957. The minimum atomic E-state index is -0.266. The number of nitrogens with one attached hydrogen (secondary N) is 2. The molecular weight excluding hydrogens is 196 g/mol. The summed E-state index contributed by atoms with van der Waals surface area (Å²) < 4.78 is 0. The first-order chi connectivity index (χ1) is 7.00. The van der Waals surface area contributed by atoms with Gasteiger partial charge in [-0.3, -0.25) is 5.41 Å². The average molecular weight is 208 g/mol. The first-order valence-electron chi connectivity index (χ1n) is 4.17. The molecule has 0 saturated heterocycles. The van der Waals surface area contributed by atoms with E-state index in [2.05, 4.69) is 10.5 Å². The van der Waals surface area contributed by atoms with Gasteiger partial charge in [0.2, 0.25) is 5.96 Å². The predicted octanol–water partition coefficient (Wildman–Crippen LogP) is 0.305. The van der Waals surface area contributed by atoms with Crippen LogP contribution in [0.4, 0.5) is 0 Å². The van der Waals surface area contributed by atoms with Gasteiger partial charge in [-0.25, -0.2) is 5.43 Å². The Labute approximate surface area is 86.6 Å². The lowest BCUT2D eigenvalue weighted by Gasteiger charge is -2.03. The van der Waals surface area contributed by atoms with Crippen molar-refractivity contribution in [3.05, 3.63) is 23.8 Å². The molecule has 0 fully saturated rings. The molecule has 6 N–H and O–H groups in total. The van der Waals surface area contributed by atoms with Crippen molar-refractivity contribution in [2.24, 2.45) is 10.8 Å². The van der Waals surface area contributed by atoms with E-state index in [1.807, 2.05) is 0 Å². The molecule has 0 spiro atoms. The van der Waals surface area contributed by atoms with Crippen LogP contribution in [-0.4, -0.2) is 21.9 Å². The molecule has 1 aromatic carbocycles. The van der Waals surface area contributed by atoms with E-state index in [1.165, 1.54) is 12.1 Å². The maximum Gasteiger partial charge on any atom is 0.206 e. The van der Waals surface area contributed by atoms with Crippen molar-refractivity contribution in [2.75, 3.05) is 0 Å². The maximum absolute atomic E-state index is 9.23. The molecule has 15 heavy (non-hydrogen) atoms. The SMILES string of the molecule is C/C(=N/NC(=N)N)c1ccc(O)c(O)c1. The summed E-state index contributed by atoms with van der Waals surface area (Å²) in [7, 11) is 0. The molecular formula is C9H12N4O2. The summed E-state index contributed by atoms with van der Waals surface area (Å²) in [5.74, 6) is -0.673. The monoisotopic (exact) mass is 208 g/mol. The quantitative estimate of drug-likeness (QED) is 0.208. The third-order valence-electron chi connectivity index (χ3n) is 1.74. The lowest BCUT2D eigenvalue weighted by Crippen LogP contribution is -2.26. The van der Waals surface area contributed by atoms with E-state index in [9.17, 15) is 5.11 Å². The molecule has 0 radical (unpaired) electrons. The lowest BCUT2D eigenvalue weighted by atomic mass is 10.1. The number of benzene rings is 1. The average Bonchev–Trinajstić information content (AvgIpc) is 2.18. The van der Waals surface area contributed by atoms with Crippen molar-refractivity contribution in [1.82, 2.24) is 5.43 Å². The number of nitrogens with two attached hydrogens (primary N) is 1. The molecule has 0 amide bonds. The first-order valence-corrected chi connectivity index (χ1v) is 4.17. The number of phenolic OH excluding ortho intramolecular Hbond substituents is 2. The summed E-state index contributed by atoms with van der Waals surface area (Å²) in [5, 5.41) is 29.0. The fourth-order valence-electron chi connectivity index (χ4n) is 0.957. The Morgan fingerprint density at radius 1 is 1.40 bits per heavy atom. The zero-order chi connectivity index (χ0) is 11.4. The van der Waals surface area contributed by atoms with Gasteiger partial charge in [-0.2, -0.15) is 5.10 Å². The number of hydrogen-bond donors (Lipinski definition) is 5. The van der Waals surface area contributed by atoms with E-state index >= 15 is 0 Å². The Balaban J connectivity index is 2.91. The van der Waals surface area contributed by atoms with E-state index in [0.29, 0.717) is 11.3 Å². The molecule has 1 aromatic rings. The Bertz CT molecular complexity index is 415. The second-order valence-electron chi connectivity index (χ2n) is 2.93. The van der Waals surface area contributed by atoms with Gasteiger partial charge in [-0.15, -0.1) is 0 Å². The van der Waals surface area contributed by atoms with Crippen molar-refractivity contribution in [3.63, 3.8) is 0 Å². The van der Waals surface area contributed by atoms with Gasteiger partial charge in [0.1, 0.15) is 0 Å². The zero-order valence-electron chi connectivity index (χ0n) is 8.15. The standard InChI is InChI=1S/C9H12N4O2/c1-5(12-13-9(10)11)6-2-3-7(14)8(15)4-6/h2-4,14-15H,1H3,(H4,10,11,13)/b12-5-. The Morgan fingerprint density at radius 2 is 2.07 bits per heavy atom. The summed E-state index contributed by atoms with van der Waals surface area (Å²) in [6.07, 6.45) is 0. The third kappa shape index (κ3) is 2.87. The summed E-state index contributed by atoms with van der Waals surface area (Å²) in [5.41, 5.74) is 8.50. The van der Waals surface area contributed by atoms with Crippen molar-refractivity contribution in [2.45, 2.75) is 6.92 Å². The van der Waals surface area contributed by atoms with Gasteiger partial charge in [-0.1, -0.05) is 0 Å². The molecule has 0 aliphatic heterocycles. The molecule has 80 valence electrons. The number of rotatable bonds is 2. The van der Waals surface area contributed by atoms with Crippen LogP contribution in [0.1, 0.15) is 12.5 Å². The molecule has 0 unspecified atom stereocenters. The van der Waals surface area contributed by atoms with Gasteiger partial charge >= 0.3 is 0 Å². The van der Waals surface area contributed by atoms with Crippen LogP contribution in [0, 0.1) is 5.41 Å². The molecule has 0 saturated carbocycles. The largest absolute Gasteiger partial charge is 0.504 e. The number of nitrogens with zero attached hydrogens (tertiary/aromatic N) is 1. The van der Waals surface area contributed by atoms with Crippen LogP contribution in [0.2, 0.25) is 0 Å². The van der Waals surface area contributed by atoms with Crippen LogP contribution in [-0.2, 0) is 0 Å². The minimum Gasteiger partial charge on any atom is -0.504 e. The number of phenols is 2. The third-order valence-corrected chi connectivity index (χ3v) is 1.74. The number of hydrogen-bond acceptors (Lipinski definition) is 4. The normalized spacial score (nSPS) is 11.1. The van der Waals surface area contributed by atoms with Crippen LogP contribution in [0.3, 0.4) is 0 Å². The number of guanidine groups is 1. The Hall–Kier alpha value is -2.24. The van der Waals surface area contributed by atoms with Gasteiger partial charge in [-0.05, 0) is 25.1 Å². The Kier molecular flexibility index (Phi) is 3.12. The molecule has 0 aliphatic carbocycles. The van der Waals surface area contributed by atoms with Crippen LogP contribution >= 0.6 is 0 Å². The first kappa shape index (κ1) is 10.8. The molecule has 0 aliphatic rings. The highest BCUT2D eigenvalue weighted by atomic mass is 16.3. The maximum atomic E-state index is 9.23. The summed E-state index contributed by atoms with van der Waals surface area (Å²) in [6, 6.07) is 4.32. The molecule has 1 rings (SSSR count). The lowest BCUT2D eigenvalue weighted by molar-refractivity contribution is 0.403. The predicted molar refractivity (Wildman–Crippen MR) is 57.0 cm³/mol.